The minimum absolute atomic E-state index is 0.00272. The van der Waals surface area contributed by atoms with Gasteiger partial charge in [0.15, 0.2) is 0 Å². The highest BCUT2D eigenvalue weighted by molar-refractivity contribution is 5.79. The van der Waals surface area contributed by atoms with Crippen LogP contribution in [0.1, 0.15) is 59.3 Å². The fourth-order valence-corrected chi connectivity index (χ4v) is 4.83. The van der Waals surface area contributed by atoms with Crippen LogP contribution in [0, 0.1) is 17.3 Å². The zero-order chi connectivity index (χ0) is 20.2. The Balaban J connectivity index is 1.21. The summed E-state index contributed by atoms with van der Waals surface area (Å²) >= 11 is 0. The molecule has 2 aliphatic carbocycles. The Bertz CT molecular complexity index is 605. The van der Waals surface area contributed by atoms with Crippen molar-refractivity contribution < 1.29 is 24.2 Å². The van der Waals surface area contributed by atoms with Gasteiger partial charge in [-0.25, -0.2) is 0 Å². The highest BCUT2D eigenvalue weighted by Gasteiger charge is 2.57. The van der Waals surface area contributed by atoms with Crippen LogP contribution >= 0.6 is 0 Å². The van der Waals surface area contributed by atoms with Crippen molar-refractivity contribution in [3.63, 3.8) is 0 Å². The minimum Gasteiger partial charge on any atom is -0.396 e. The van der Waals surface area contributed by atoms with Crippen LogP contribution < -0.4 is 10.6 Å². The fourth-order valence-electron chi connectivity index (χ4n) is 4.83. The number of nitrogens with one attached hydrogen (secondary N) is 2. The molecule has 0 bridgehead atoms. The van der Waals surface area contributed by atoms with E-state index in [-0.39, 0.29) is 53.7 Å². The third-order valence-electron chi connectivity index (χ3n) is 7.55. The van der Waals surface area contributed by atoms with E-state index in [1.807, 2.05) is 6.92 Å². The third kappa shape index (κ3) is 3.94. The number of aliphatic hydroxyl groups is 1. The first-order chi connectivity index (χ1) is 13.2. The molecular weight excluding hydrogens is 360 g/mol. The number of hydrogen-bond donors (Lipinski definition) is 3. The Morgan fingerprint density at radius 2 is 1.39 bits per heavy atom. The zero-order valence-electron chi connectivity index (χ0n) is 17.3. The lowest BCUT2D eigenvalue weighted by molar-refractivity contribution is -0.126. The molecule has 28 heavy (non-hydrogen) atoms. The quantitative estimate of drug-likeness (QED) is 0.562. The van der Waals surface area contributed by atoms with Gasteiger partial charge in [0.2, 0.25) is 11.8 Å². The number of epoxide rings is 2. The fraction of sp³-hybridized carbons (Fsp3) is 0.905. The summed E-state index contributed by atoms with van der Waals surface area (Å²) in [7, 11) is 0. The van der Waals surface area contributed by atoms with Crippen molar-refractivity contribution in [3.8, 4) is 0 Å². The topological polar surface area (TPSA) is 103 Å². The average molecular weight is 395 g/mol. The smallest absolute Gasteiger partial charge is 0.223 e. The second kappa shape index (κ2) is 6.96. The largest absolute Gasteiger partial charge is 0.396 e. The van der Waals surface area contributed by atoms with Crippen molar-refractivity contribution in [2.75, 3.05) is 19.7 Å². The summed E-state index contributed by atoms with van der Waals surface area (Å²) in [5, 5.41) is 15.8. The maximum Gasteiger partial charge on any atom is 0.223 e. The summed E-state index contributed by atoms with van der Waals surface area (Å²) in [6.45, 7) is 6.69. The highest BCUT2D eigenvalue weighted by atomic mass is 16.6. The first-order valence-electron chi connectivity index (χ1n) is 10.7. The van der Waals surface area contributed by atoms with Gasteiger partial charge >= 0.3 is 0 Å². The molecule has 2 heterocycles. The molecule has 3 N–H and O–H groups in total. The van der Waals surface area contributed by atoms with Gasteiger partial charge in [0.25, 0.3) is 0 Å². The molecule has 7 nitrogen and oxygen atoms in total. The molecule has 0 aromatic heterocycles. The lowest BCUT2D eigenvalue weighted by atomic mass is 9.82. The molecular formula is C21H34N2O5. The van der Waals surface area contributed by atoms with E-state index in [4.69, 9.17) is 9.47 Å². The van der Waals surface area contributed by atoms with Crippen LogP contribution in [0.25, 0.3) is 0 Å². The highest BCUT2D eigenvalue weighted by Crippen LogP contribution is 2.50. The molecule has 7 heteroatoms. The maximum atomic E-state index is 12.5. The van der Waals surface area contributed by atoms with Gasteiger partial charge in [0.05, 0.1) is 30.0 Å². The van der Waals surface area contributed by atoms with Gasteiger partial charge in [-0.05, 0) is 52.4 Å². The molecule has 2 aliphatic heterocycles. The lowest BCUT2D eigenvalue weighted by Crippen LogP contribution is -2.48. The van der Waals surface area contributed by atoms with Crippen molar-refractivity contribution in [2.24, 2.45) is 17.3 Å². The first kappa shape index (κ1) is 20.1. The normalized spacial score (nSPS) is 43.1. The van der Waals surface area contributed by atoms with Crippen LogP contribution in [0.3, 0.4) is 0 Å². The van der Waals surface area contributed by atoms with Gasteiger partial charge in [-0.2, -0.15) is 0 Å². The monoisotopic (exact) mass is 394 g/mol. The number of rotatable bonds is 7. The summed E-state index contributed by atoms with van der Waals surface area (Å²) < 4.78 is 11.4. The standard InChI is InChI=1S/C21H34N2O5/c1-19(12-24,10-22-17(25)13-4-6-20(2)15(8-13)27-20)11-23-18(26)14-5-7-21(3)16(9-14)28-21/h13-16,24H,4-12H2,1-3H3,(H,22,25)(H,23,26). The zero-order valence-corrected chi connectivity index (χ0v) is 17.3. The Kier molecular flexibility index (Phi) is 5.00. The molecule has 0 aromatic rings. The predicted octanol–water partition coefficient (Wildman–Crippen LogP) is 1.13. The number of aliphatic hydroxyl groups excluding tert-OH is 1. The number of carbonyl (C=O) groups excluding carboxylic acids is 2. The van der Waals surface area contributed by atoms with E-state index in [1.165, 1.54) is 0 Å². The Morgan fingerprint density at radius 3 is 1.75 bits per heavy atom. The van der Waals surface area contributed by atoms with E-state index in [0.717, 1.165) is 38.5 Å². The molecule has 158 valence electrons. The maximum absolute atomic E-state index is 12.5. The molecule has 0 spiro atoms. The molecule has 0 radical (unpaired) electrons. The molecule has 2 saturated heterocycles. The van der Waals surface area contributed by atoms with E-state index < -0.39 is 5.41 Å². The number of hydrogen-bond acceptors (Lipinski definition) is 5. The van der Waals surface area contributed by atoms with Gasteiger partial charge in [0.1, 0.15) is 0 Å². The van der Waals surface area contributed by atoms with Crippen molar-refractivity contribution in [1.82, 2.24) is 10.6 Å². The summed E-state index contributed by atoms with van der Waals surface area (Å²) in [5.74, 6) is 0.0170. The summed E-state index contributed by atoms with van der Waals surface area (Å²) in [6.07, 6.45) is 5.52. The van der Waals surface area contributed by atoms with Crippen molar-refractivity contribution >= 4 is 11.8 Å². The number of ether oxygens (including phenoxy) is 2. The molecule has 4 fully saturated rings. The lowest BCUT2D eigenvalue weighted by Gasteiger charge is -2.30. The summed E-state index contributed by atoms with van der Waals surface area (Å²) in [4.78, 5) is 25.1. The van der Waals surface area contributed by atoms with Crippen molar-refractivity contribution in [1.29, 1.82) is 0 Å². The van der Waals surface area contributed by atoms with Crippen LogP contribution in [-0.4, -0.2) is 60.0 Å². The van der Waals surface area contributed by atoms with E-state index in [1.54, 1.807) is 0 Å². The Labute approximate surface area is 166 Å². The number of fused-ring (bicyclic) bond motifs is 2. The van der Waals surface area contributed by atoms with Crippen molar-refractivity contribution in [2.45, 2.75) is 82.7 Å². The minimum atomic E-state index is -0.580. The van der Waals surface area contributed by atoms with Crippen LogP contribution in [-0.2, 0) is 19.1 Å². The molecule has 0 aromatic carbocycles. The van der Waals surface area contributed by atoms with Gasteiger partial charge in [-0.3, -0.25) is 9.59 Å². The summed E-state index contributed by atoms with van der Waals surface area (Å²) in [5.41, 5.74) is -0.574. The average Bonchev–Trinajstić information content (AvgIpc) is 3.55. The SMILES string of the molecule is CC(CO)(CNC(=O)C1CCC2(C)OC2C1)CNC(=O)C1CCC2(C)OC2C1. The van der Waals surface area contributed by atoms with Crippen LogP contribution in [0.2, 0.25) is 0 Å². The second-order valence-corrected chi connectivity index (χ2v) is 10.2. The Hall–Kier alpha value is -1.18. The molecule has 6 atom stereocenters. The summed E-state index contributed by atoms with van der Waals surface area (Å²) in [6, 6.07) is 0. The van der Waals surface area contributed by atoms with Gasteiger partial charge in [0, 0.05) is 30.3 Å². The molecule has 4 aliphatic rings. The Morgan fingerprint density at radius 1 is 0.964 bits per heavy atom. The number of amides is 2. The molecule has 6 unspecified atom stereocenters. The van der Waals surface area contributed by atoms with E-state index >= 15 is 0 Å². The molecule has 4 rings (SSSR count). The van der Waals surface area contributed by atoms with E-state index in [2.05, 4.69) is 24.5 Å². The predicted molar refractivity (Wildman–Crippen MR) is 102 cm³/mol. The van der Waals surface area contributed by atoms with Gasteiger partial charge in [-0.1, -0.05) is 6.92 Å². The first-order valence-corrected chi connectivity index (χ1v) is 10.7. The molecule has 2 amide bonds. The van der Waals surface area contributed by atoms with Crippen LogP contribution in [0.15, 0.2) is 0 Å². The van der Waals surface area contributed by atoms with E-state index in [9.17, 15) is 14.7 Å². The van der Waals surface area contributed by atoms with E-state index in [0.29, 0.717) is 13.1 Å². The number of carbonyl (C=O) groups is 2. The van der Waals surface area contributed by atoms with Gasteiger partial charge in [-0.15, -0.1) is 0 Å². The van der Waals surface area contributed by atoms with Crippen LogP contribution in [0.4, 0.5) is 0 Å². The van der Waals surface area contributed by atoms with Gasteiger partial charge < -0.3 is 25.2 Å². The molecule has 2 saturated carbocycles. The third-order valence-corrected chi connectivity index (χ3v) is 7.55. The van der Waals surface area contributed by atoms with Crippen molar-refractivity contribution in [3.05, 3.63) is 0 Å². The second-order valence-electron chi connectivity index (χ2n) is 10.2. The van der Waals surface area contributed by atoms with Crippen LogP contribution in [0.5, 0.6) is 0 Å².